The molecule has 0 spiro atoms. The van der Waals surface area contributed by atoms with Gasteiger partial charge in [-0.2, -0.15) is 0 Å². The number of hydrogen-bond donors (Lipinski definition) is 1. The van der Waals surface area contributed by atoms with Crippen LogP contribution in [0, 0.1) is 26.0 Å². The topological polar surface area (TPSA) is 141 Å². The predicted molar refractivity (Wildman–Crippen MR) is 141 cm³/mol. The van der Waals surface area contributed by atoms with Crippen molar-refractivity contribution in [3.63, 3.8) is 0 Å². The molecule has 1 aliphatic carbocycles. The quantitative estimate of drug-likeness (QED) is 0.304. The number of nitrogens with zero attached hydrogens (tertiary/aromatic N) is 4. The number of aromatic nitrogens is 1. The standard InChI is InChI=1S/C27H17FN4O6S/c28-17-8-5-16(6-9-17)24-19-10-7-15-3-1-2-4-18(15)23(19)29-27-30(24)26(34)22(39-27)13-14-11-20(31(35)36)25(33)21(12-14)32(37)38/h1-6,8-9,11-13,24,33H,7,10H2. The Hall–Kier alpha value is -4.97. The van der Waals surface area contributed by atoms with Gasteiger partial charge in [0.2, 0.25) is 0 Å². The van der Waals surface area contributed by atoms with Crippen molar-refractivity contribution in [3.8, 4) is 5.75 Å². The van der Waals surface area contributed by atoms with Crippen molar-refractivity contribution < 1.29 is 19.3 Å². The summed E-state index contributed by atoms with van der Waals surface area (Å²) in [7, 11) is 0. The molecule has 2 heterocycles. The Kier molecular flexibility index (Phi) is 5.69. The number of hydrogen-bond acceptors (Lipinski definition) is 8. The lowest BCUT2D eigenvalue weighted by Gasteiger charge is -2.30. The monoisotopic (exact) mass is 544 g/mol. The Labute approximate surface area is 222 Å². The molecule has 0 saturated carbocycles. The summed E-state index contributed by atoms with van der Waals surface area (Å²) in [4.78, 5) is 39.9. The summed E-state index contributed by atoms with van der Waals surface area (Å²) in [6.45, 7) is 0. The highest BCUT2D eigenvalue weighted by Crippen LogP contribution is 2.41. The summed E-state index contributed by atoms with van der Waals surface area (Å²) in [6.07, 6.45) is 2.69. The molecule has 1 aliphatic heterocycles. The molecule has 1 unspecified atom stereocenters. The van der Waals surface area contributed by atoms with Gasteiger partial charge in [-0.25, -0.2) is 9.38 Å². The average Bonchev–Trinajstić information content (AvgIpc) is 3.22. The number of benzene rings is 3. The van der Waals surface area contributed by atoms with Gasteiger partial charge in [0.1, 0.15) is 5.82 Å². The van der Waals surface area contributed by atoms with Gasteiger partial charge < -0.3 is 5.11 Å². The van der Waals surface area contributed by atoms with Crippen LogP contribution in [0.1, 0.15) is 34.7 Å². The molecule has 0 radical (unpaired) electrons. The van der Waals surface area contributed by atoms with E-state index in [9.17, 15) is 34.5 Å². The van der Waals surface area contributed by atoms with Gasteiger partial charge in [-0.3, -0.25) is 29.6 Å². The molecule has 2 aliphatic rings. The summed E-state index contributed by atoms with van der Waals surface area (Å²) in [5.74, 6) is -1.48. The summed E-state index contributed by atoms with van der Waals surface area (Å²) in [5, 5.41) is 32.8. The SMILES string of the molecule is O=c1c(=Cc2cc([N+](=O)[O-])c(O)c([N+](=O)[O-])c2)sc2n1C(c1ccc(F)cc1)C1=C(N=2)c2ccccc2CC1. The minimum atomic E-state index is -1.06. The number of thiazole rings is 1. The van der Waals surface area contributed by atoms with E-state index >= 15 is 0 Å². The number of rotatable bonds is 4. The Morgan fingerprint density at radius 1 is 1.03 bits per heavy atom. The first-order valence-electron chi connectivity index (χ1n) is 11.8. The zero-order chi connectivity index (χ0) is 27.4. The number of nitro benzene ring substituents is 2. The van der Waals surface area contributed by atoms with Crippen LogP contribution in [-0.2, 0) is 6.42 Å². The molecule has 0 bridgehead atoms. The van der Waals surface area contributed by atoms with E-state index in [0.29, 0.717) is 16.8 Å². The molecule has 0 fully saturated rings. The van der Waals surface area contributed by atoms with Crippen molar-refractivity contribution in [3.05, 3.63) is 134 Å². The number of phenolic OH excluding ortho intramolecular Hbond substituents is 1. The van der Waals surface area contributed by atoms with E-state index < -0.39 is 44.4 Å². The zero-order valence-electron chi connectivity index (χ0n) is 19.9. The molecule has 1 aromatic heterocycles. The van der Waals surface area contributed by atoms with Gasteiger partial charge >= 0.3 is 11.4 Å². The third-order valence-electron chi connectivity index (χ3n) is 6.84. The molecule has 4 aromatic rings. The molecule has 12 heteroatoms. The van der Waals surface area contributed by atoms with Gasteiger partial charge in [-0.15, -0.1) is 0 Å². The Morgan fingerprint density at radius 2 is 1.69 bits per heavy atom. The molecule has 0 saturated heterocycles. The second-order valence-corrected chi connectivity index (χ2v) is 10.1. The molecule has 194 valence electrons. The van der Waals surface area contributed by atoms with Gasteiger partial charge in [-0.05, 0) is 53.3 Å². The molecular formula is C27H17FN4O6S. The van der Waals surface area contributed by atoms with E-state index in [4.69, 9.17) is 4.99 Å². The van der Waals surface area contributed by atoms with Crippen LogP contribution in [0.5, 0.6) is 5.75 Å². The first-order valence-corrected chi connectivity index (χ1v) is 12.6. The molecule has 6 rings (SSSR count). The van der Waals surface area contributed by atoms with Crippen LogP contribution in [0.15, 0.2) is 76.0 Å². The number of halogens is 1. The second kappa shape index (κ2) is 9.10. The fourth-order valence-electron chi connectivity index (χ4n) is 5.11. The normalized spacial score (nSPS) is 16.2. The third-order valence-corrected chi connectivity index (χ3v) is 7.82. The van der Waals surface area contributed by atoms with Crippen LogP contribution in [-0.4, -0.2) is 19.5 Å². The van der Waals surface area contributed by atoms with Crippen molar-refractivity contribution in [2.75, 3.05) is 0 Å². The number of nitro groups is 2. The molecule has 0 amide bonds. The minimum Gasteiger partial charge on any atom is -0.497 e. The molecule has 1 N–H and O–H groups in total. The highest BCUT2D eigenvalue weighted by atomic mass is 32.1. The Balaban J connectivity index is 1.61. The lowest BCUT2D eigenvalue weighted by Crippen LogP contribution is -2.38. The van der Waals surface area contributed by atoms with Crippen LogP contribution in [0.4, 0.5) is 15.8 Å². The van der Waals surface area contributed by atoms with Crippen LogP contribution < -0.4 is 14.9 Å². The molecule has 1 atom stereocenters. The van der Waals surface area contributed by atoms with Crippen LogP contribution >= 0.6 is 11.3 Å². The van der Waals surface area contributed by atoms with E-state index in [1.807, 2.05) is 24.3 Å². The molecule has 10 nitrogen and oxygen atoms in total. The number of fused-ring (bicyclic) bond motifs is 3. The minimum absolute atomic E-state index is 0.00361. The fraction of sp³-hybridized carbons (Fsp3) is 0.111. The first-order chi connectivity index (χ1) is 18.7. The fourth-order valence-corrected chi connectivity index (χ4v) is 6.11. The maximum Gasteiger partial charge on any atom is 0.318 e. The van der Waals surface area contributed by atoms with Crippen molar-refractivity contribution in [2.24, 2.45) is 4.99 Å². The highest BCUT2D eigenvalue weighted by Gasteiger charge is 2.33. The lowest BCUT2D eigenvalue weighted by atomic mass is 9.83. The van der Waals surface area contributed by atoms with E-state index in [2.05, 4.69) is 0 Å². The zero-order valence-corrected chi connectivity index (χ0v) is 20.7. The number of aryl methyl sites for hydroxylation is 1. The summed E-state index contributed by atoms with van der Waals surface area (Å²) >= 11 is 1.04. The predicted octanol–water partition coefficient (Wildman–Crippen LogP) is 3.98. The largest absolute Gasteiger partial charge is 0.497 e. The van der Waals surface area contributed by atoms with Gasteiger partial charge in [0, 0.05) is 17.7 Å². The lowest BCUT2D eigenvalue weighted by molar-refractivity contribution is -0.396. The Morgan fingerprint density at radius 3 is 2.36 bits per heavy atom. The summed E-state index contributed by atoms with van der Waals surface area (Å²) in [5.41, 5.74) is 2.29. The second-order valence-electron chi connectivity index (χ2n) is 9.09. The van der Waals surface area contributed by atoms with Crippen molar-refractivity contribution in [1.82, 2.24) is 4.57 Å². The third kappa shape index (κ3) is 4.01. The number of allylic oxidation sites excluding steroid dienone is 1. The van der Waals surface area contributed by atoms with Crippen LogP contribution in [0.3, 0.4) is 0 Å². The smallest absolute Gasteiger partial charge is 0.318 e. The van der Waals surface area contributed by atoms with Gasteiger partial charge in [0.25, 0.3) is 11.3 Å². The molecule has 39 heavy (non-hydrogen) atoms. The maximum absolute atomic E-state index is 13.8. The first kappa shape index (κ1) is 24.4. The van der Waals surface area contributed by atoms with Crippen LogP contribution in [0.25, 0.3) is 11.8 Å². The van der Waals surface area contributed by atoms with E-state index in [0.717, 1.165) is 52.3 Å². The van der Waals surface area contributed by atoms with Crippen molar-refractivity contribution in [1.29, 1.82) is 0 Å². The summed E-state index contributed by atoms with van der Waals surface area (Å²) < 4.78 is 15.5. The molecular weight excluding hydrogens is 527 g/mol. The Bertz CT molecular complexity index is 1890. The van der Waals surface area contributed by atoms with E-state index in [1.54, 1.807) is 12.1 Å². The van der Waals surface area contributed by atoms with Crippen molar-refractivity contribution in [2.45, 2.75) is 18.9 Å². The van der Waals surface area contributed by atoms with Gasteiger partial charge in [0.05, 0.1) is 26.1 Å². The highest BCUT2D eigenvalue weighted by molar-refractivity contribution is 7.07. The van der Waals surface area contributed by atoms with Crippen molar-refractivity contribution >= 4 is 34.5 Å². The van der Waals surface area contributed by atoms with E-state index in [-0.39, 0.29) is 10.1 Å². The van der Waals surface area contributed by atoms with Gasteiger partial charge in [-0.1, -0.05) is 47.7 Å². The van der Waals surface area contributed by atoms with E-state index in [1.165, 1.54) is 22.8 Å². The maximum atomic E-state index is 13.8. The van der Waals surface area contributed by atoms with Crippen LogP contribution in [0.2, 0.25) is 0 Å². The number of phenols is 1. The van der Waals surface area contributed by atoms with Gasteiger partial charge in [0.15, 0.2) is 4.80 Å². The average molecular weight is 545 g/mol. The number of aromatic hydroxyl groups is 1. The summed E-state index contributed by atoms with van der Waals surface area (Å²) in [6, 6.07) is 15.2. The molecule has 3 aromatic carbocycles.